The van der Waals surface area contributed by atoms with Crippen molar-refractivity contribution in [1.29, 1.82) is 0 Å². The molecule has 4 heteroatoms. The molecule has 26 heavy (non-hydrogen) atoms. The fourth-order valence-electron chi connectivity index (χ4n) is 5.58. The summed E-state index contributed by atoms with van der Waals surface area (Å²) in [6.07, 6.45) is 5.68. The third-order valence-electron chi connectivity index (χ3n) is 7.03. The monoisotopic (exact) mass is 358 g/mol. The lowest BCUT2D eigenvalue weighted by atomic mass is 9.55. The molecule has 0 unspecified atom stereocenters. The maximum atomic E-state index is 13.0. The molecule has 0 spiro atoms. The van der Waals surface area contributed by atoms with Gasteiger partial charge >= 0.3 is 5.97 Å². The topological polar surface area (TPSA) is 42.9 Å². The number of quaternary nitrogens is 1. The summed E-state index contributed by atoms with van der Waals surface area (Å²) in [5, 5.41) is 2.16. The molecule has 4 rings (SSSR count). The van der Waals surface area contributed by atoms with Crippen LogP contribution in [0.2, 0.25) is 0 Å². The van der Waals surface area contributed by atoms with Crippen molar-refractivity contribution in [3.63, 3.8) is 0 Å². The summed E-state index contributed by atoms with van der Waals surface area (Å²) in [7, 11) is 0. The summed E-state index contributed by atoms with van der Waals surface area (Å²) < 4.78 is 18.8. The largest absolute Gasteiger partial charge is 0.462 e. The van der Waals surface area contributed by atoms with E-state index in [9.17, 15) is 9.18 Å². The Labute approximate surface area is 155 Å². The number of halogens is 1. The Balaban J connectivity index is 1.40. The molecule has 1 aromatic rings. The van der Waals surface area contributed by atoms with Crippen molar-refractivity contribution in [1.82, 2.24) is 0 Å². The molecule has 3 aliphatic rings. The van der Waals surface area contributed by atoms with Gasteiger partial charge in [-0.25, -0.2) is 4.39 Å². The molecule has 0 aromatic heterocycles. The lowest BCUT2D eigenvalue weighted by Crippen LogP contribution is -2.84. The first kappa shape index (κ1) is 17.7. The van der Waals surface area contributed by atoms with Crippen LogP contribution in [0.1, 0.15) is 44.6 Å². The predicted octanol–water partition coefficient (Wildman–Crippen LogP) is 3.20. The summed E-state index contributed by atoms with van der Waals surface area (Å²) >= 11 is 0. The Morgan fingerprint density at radius 3 is 2.88 bits per heavy atom. The SMILES string of the molecule is C=C1CCC[C@@]2(C)C[C@H]3OC(=O)[C@@H](C[NH2+]Cc4ccc(F)cc4)[C@@H]3C[C@H]12. The smallest absolute Gasteiger partial charge is 0.315 e. The Hall–Kier alpha value is -1.68. The summed E-state index contributed by atoms with van der Waals surface area (Å²) in [4.78, 5) is 12.5. The minimum atomic E-state index is -0.214. The molecule has 3 nitrogen and oxygen atoms in total. The van der Waals surface area contributed by atoms with Crippen LogP contribution >= 0.6 is 0 Å². The van der Waals surface area contributed by atoms with E-state index >= 15 is 0 Å². The van der Waals surface area contributed by atoms with Gasteiger partial charge in [0.05, 0.1) is 6.54 Å². The van der Waals surface area contributed by atoms with E-state index in [1.165, 1.54) is 30.5 Å². The molecular formula is C22H29FNO2+. The maximum Gasteiger partial charge on any atom is 0.315 e. The van der Waals surface area contributed by atoms with Crippen LogP contribution < -0.4 is 5.32 Å². The number of hydrogen-bond acceptors (Lipinski definition) is 2. The molecule has 2 aliphatic carbocycles. The highest BCUT2D eigenvalue weighted by Crippen LogP contribution is 2.56. The molecule has 1 heterocycles. The first-order valence-electron chi connectivity index (χ1n) is 9.90. The fraction of sp³-hybridized carbons (Fsp3) is 0.591. The highest BCUT2D eigenvalue weighted by atomic mass is 19.1. The lowest BCUT2D eigenvalue weighted by Gasteiger charge is -2.49. The second-order valence-electron chi connectivity index (χ2n) is 8.76. The van der Waals surface area contributed by atoms with Gasteiger partial charge in [0.1, 0.15) is 24.4 Å². The van der Waals surface area contributed by atoms with Crippen molar-refractivity contribution in [2.45, 2.75) is 51.7 Å². The Kier molecular flexibility index (Phi) is 4.64. The third kappa shape index (κ3) is 3.20. The number of fused-ring (bicyclic) bond motifs is 2. The van der Waals surface area contributed by atoms with Gasteiger partial charge < -0.3 is 10.1 Å². The van der Waals surface area contributed by atoms with Gasteiger partial charge in [-0.2, -0.15) is 0 Å². The van der Waals surface area contributed by atoms with E-state index in [4.69, 9.17) is 4.74 Å². The summed E-state index contributed by atoms with van der Waals surface area (Å²) in [5.74, 6) is 0.586. The molecule has 0 radical (unpaired) electrons. The van der Waals surface area contributed by atoms with Crippen molar-refractivity contribution in [2.75, 3.05) is 6.54 Å². The number of carbonyl (C=O) groups excluding carboxylic acids is 1. The number of rotatable bonds is 4. The van der Waals surface area contributed by atoms with Crippen LogP contribution in [0.3, 0.4) is 0 Å². The van der Waals surface area contributed by atoms with Gasteiger partial charge in [0.2, 0.25) is 0 Å². The normalized spacial score (nSPS) is 36.4. The first-order valence-corrected chi connectivity index (χ1v) is 9.90. The highest BCUT2D eigenvalue weighted by Gasteiger charge is 2.55. The van der Waals surface area contributed by atoms with E-state index in [0.717, 1.165) is 37.9 Å². The number of esters is 1. The zero-order valence-corrected chi connectivity index (χ0v) is 15.5. The van der Waals surface area contributed by atoms with E-state index < -0.39 is 0 Å². The van der Waals surface area contributed by atoms with E-state index in [-0.39, 0.29) is 29.2 Å². The molecular weight excluding hydrogens is 329 g/mol. The van der Waals surface area contributed by atoms with Crippen molar-refractivity contribution < 1.29 is 19.2 Å². The minimum absolute atomic E-state index is 0.0248. The molecule has 2 N–H and O–H groups in total. The molecule has 1 aliphatic heterocycles. The van der Waals surface area contributed by atoms with Crippen LogP contribution in [0.4, 0.5) is 4.39 Å². The van der Waals surface area contributed by atoms with Crippen LogP contribution in [-0.2, 0) is 16.1 Å². The van der Waals surface area contributed by atoms with Crippen molar-refractivity contribution >= 4 is 5.97 Å². The predicted molar refractivity (Wildman–Crippen MR) is 97.6 cm³/mol. The molecule has 1 aromatic carbocycles. The van der Waals surface area contributed by atoms with Gasteiger partial charge in [-0.1, -0.05) is 31.2 Å². The van der Waals surface area contributed by atoms with Crippen molar-refractivity contribution in [3.05, 3.63) is 47.8 Å². The number of nitrogens with two attached hydrogens (primary N) is 1. The van der Waals surface area contributed by atoms with E-state index in [2.05, 4.69) is 18.8 Å². The van der Waals surface area contributed by atoms with Gasteiger partial charge in [-0.3, -0.25) is 4.79 Å². The first-order chi connectivity index (χ1) is 12.5. The van der Waals surface area contributed by atoms with E-state index in [1.807, 2.05) is 0 Å². The summed E-state index contributed by atoms with van der Waals surface area (Å²) in [6, 6.07) is 6.58. The zero-order chi connectivity index (χ0) is 18.3. The minimum Gasteiger partial charge on any atom is -0.462 e. The third-order valence-corrected chi connectivity index (χ3v) is 7.03. The zero-order valence-electron chi connectivity index (χ0n) is 15.5. The van der Waals surface area contributed by atoms with Crippen LogP contribution in [0, 0.1) is 29.0 Å². The lowest BCUT2D eigenvalue weighted by molar-refractivity contribution is -0.675. The molecule has 5 atom stereocenters. The summed E-state index contributed by atoms with van der Waals surface area (Å²) in [6.45, 7) is 8.21. The van der Waals surface area contributed by atoms with Crippen molar-refractivity contribution in [2.24, 2.45) is 23.2 Å². The fourth-order valence-corrected chi connectivity index (χ4v) is 5.58. The molecule has 1 saturated heterocycles. The van der Waals surface area contributed by atoms with Gasteiger partial charge in [-0.05, 0) is 55.6 Å². The number of allylic oxidation sites excluding steroid dienone is 1. The van der Waals surface area contributed by atoms with Crippen LogP contribution in [0.15, 0.2) is 36.4 Å². The van der Waals surface area contributed by atoms with Gasteiger partial charge in [-0.15, -0.1) is 0 Å². The van der Waals surface area contributed by atoms with Crippen LogP contribution in [0.5, 0.6) is 0 Å². The number of benzene rings is 1. The summed E-state index contributed by atoms with van der Waals surface area (Å²) in [5.41, 5.74) is 2.71. The molecule has 0 bridgehead atoms. The Morgan fingerprint density at radius 1 is 1.35 bits per heavy atom. The van der Waals surface area contributed by atoms with Crippen molar-refractivity contribution in [3.8, 4) is 0 Å². The highest BCUT2D eigenvalue weighted by molar-refractivity contribution is 5.75. The molecule has 3 fully saturated rings. The Bertz CT molecular complexity index is 701. The van der Waals surface area contributed by atoms with Gasteiger partial charge in [0.25, 0.3) is 0 Å². The number of hydrogen-bond donors (Lipinski definition) is 1. The van der Waals surface area contributed by atoms with Gasteiger partial charge in [0, 0.05) is 11.5 Å². The molecule has 0 amide bonds. The van der Waals surface area contributed by atoms with Crippen LogP contribution in [0.25, 0.3) is 0 Å². The Morgan fingerprint density at radius 2 is 2.12 bits per heavy atom. The van der Waals surface area contributed by atoms with Crippen LogP contribution in [-0.4, -0.2) is 18.6 Å². The quantitative estimate of drug-likeness (QED) is 0.663. The van der Waals surface area contributed by atoms with E-state index in [0.29, 0.717) is 11.8 Å². The molecule has 140 valence electrons. The van der Waals surface area contributed by atoms with Gasteiger partial charge in [0.15, 0.2) is 0 Å². The second kappa shape index (κ2) is 6.80. The average molecular weight is 358 g/mol. The number of carbonyl (C=O) groups is 1. The number of ether oxygens (including phenoxy) is 1. The standard InChI is InChI=1S/C22H28FNO2/c1-14-4-3-9-22(2)11-20-17(10-19(14)22)18(21(25)26-20)13-24-12-15-5-7-16(23)8-6-15/h5-8,17-20,24H,1,3-4,9-13H2,2H3/p+1/t17-,18-,19+,20+,22-/m0/s1. The average Bonchev–Trinajstić information content (AvgIpc) is 2.89. The van der Waals surface area contributed by atoms with E-state index in [1.54, 1.807) is 12.1 Å². The maximum absolute atomic E-state index is 13.0. The molecule has 2 saturated carbocycles. The second-order valence-corrected chi connectivity index (χ2v) is 8.76.